The molecule has 110 valence electrons. The lowest BCUT2D eigenvalue weighted by Crippen LogP contribution is -2.37. The average Bonchev–Trinajstić information content (AvgIpc) is 3.20. The van der Waals surface area contributed by atoms with E-state index in [9.17, 15) is 4.79 Å². The number of primary amides is 1. The Morgan fingerprint density at radius 3 is 2.80 bits per heavy atom. The zero-order chi connectivity index (χ0) is 14.8. The Kier molecular flexibility index (Phi) is 4.01. The number of carbonyl (C=O) groups excluding carboxylic acids is 1. The molecule has 0 atom stereocenters. The van der Waals surface area contributed by atoms with Crippen LogP contribution < -0.4 is 21.5 Å². The van der Waals surface area contributed by atoms with Gasteiger partial charge in [0.2, 0.25) is 11.8 Å². The van der Waals surface area contributed by atoms with Crippen LogP contribution in [0, 0.1) is 11.3 Å². The molecule has 1 heterocycles. The van der Waals surface area contributed by atoms with Crippen molar-refractivity contribution in [1.82, 2.24) is 4.98 Å². The summed E-state index contributed by atoms with van der Waals surface area (Å²) in [7, 11) is 0. The quantitative estimate of drug-likeness (QED) is 0.699. The lowest BCUT2D eigenvalue weighted by molar-refractivity contribution is -0.125. The van der Waals surface area contributed by atoms with E-state index in [1.807, 2.05) is 0 Å². The molecule has 1 aromatic heterocycles. The van der Waals surface area contributed by atoms with Gasteiger partial charge in [0.15, 0.2) is 0 Å². The Morgan fingerprint density at radius 1 is 1.50 bits per heavy atom. The van der Waals surface area contributed by atoms with E-state index in [-0.39, 0.29) is 5.91 Å². The minimum atomic E-state index is -0.641. The molecule has 2 rings (SSSR count). The van der Waals surface area contributed by atoms with Crippen LogP contribution in [-0.4, -0.2) is 24.0 Å². The SMILES string of the molecule is CC(C)(CNc1ccc(N)c(OCC2CC2)n1)C(N)=O. The minimum Gasteiger partial charge on any atom is -0.476 e. The number of carbonyl (C=O) groups is 1. The number of hydrogen-bond donors (Lipinski definition) is 3. The predicted octanol–water partition coefficient (Wildman–Crippen LogP) is 1.38. The largest absolute Gasteiger partial charge is 0.476 e. The third-order valence-corrected chi connectivity index (χ3v) is 3.42. The van der Waals surface area contributed by atoms with Gasteiger partial charge >= 0.3 is 0 Å². The second-order valence-electron chi connectivity index (χ2n) is 5.95. The van der Waals surface area contributed by atoms with Gasteiger partial charge in [0.05, 0.1) is 17.7 Å². The van der Waals surface area contributed by atoms with Crippen LogP contribution in [-0.2, 0) is 4.79 Å². The molecule has 1 aliphatic carbocycles. The van der Waals surface area contributed by atoms with Gasteiger partial charge in [0.25, 0.3) is 0 Å². The molecular weight excluding hydrogens is 256 g/mol. The molecule has 0 saturated heterocycles. The molecule has 5 N–H and O–H groups in total. The maximum absolute atomic E-state index is 11.3. The first kappa shape index (κ1) is 14.4. The summed E-state index contributed by atoms with van der Waals surface area (Å²) in [6, 6.07) is 3.51. The number of nitrogen functional groups attached to an aromatic ring is 1. The highest BCUT2D eigenvalue weighted by atomic mass is 16.5. The van der Waals surface area contributed by atoms with Crippen molar-refractivity contribution in [3.63, 3.8) is 0 Å². The number of amides is 1. The zero-order valence-corrected chi connectivity index (χ0v) is 12.0. The van der Waals surface area contributed by atoms with Crippen molar-refractivity contribution >= 4 is 17.4 Å². The van der Waals surface area contributed by atoms with E-state index in [0.717, 1.165) is 0 Å². The Labute approximate surface area is 118 Å². The maximum Gasteiger partial charge on any atom is 0.239 e. The summed E-state index contributed by atoms with van der Waals surface area (Å²) in [6.45, 7) is 4.63. The van der Waals surface area contributed by atoms with Crippen LogP contribution in [0.25, 0.3) is 0 Å². The second-order valence-corrected chi connectivity index (χ2v) is 5.95. The highest BCUT2D eigenvalue weighted by Crippen LogP contribution is 2.30. The lowest BCUT2D eigenvalue weighted by atomic mass is 9.93. The van der Waals surface area contributed by atoms with Gasteiger partial charge in [-0.25, -0.2) is 0 Å². The molecule has 0 spiro atoms. The van der Waals surface area contributed by atoms with Crippen molar-refractivity contribution < 1.29 is 9.53 Å². The van der Waals surface area contributed by atoms with Crippen molar-refractivity contribution in [2.75, 3.05) is 24.2 Å². The Hall–Kier alpha value is -1.98. The minimum absolute atomic E-state index is 0.356. The molecule has 1 fully saturated rings. The number of nitrogens with two attached hydrogens (primary N) is 2. The van der Waals surface area contributed by atoms with E-state index < -0.39 is 5.41 Å². The maximum atomic E-state index is 11.3. The molecule has 1 saturated carbocycles. The van der Waals surface area contributed by atoms with Gasteiger partial charge in [-0.05, 0) is 44.7 Å². The van der Waals surface area contributed by atoms with E-state index >= 15 is 0 Å². The molecule has 20 heavy (non-hydrogen) atoms. The number of hydrogen-bond acceptors (Lipinski definition) is 5. The fraction of sp³-hybridized carbons (Fsp3) is 0.571. The topological polar surface area (TPSA) is 103 Å². The first-order valence-corrected chi connectivity index (χ1v) is 6.81. The molecule has 0 aliphatic heterocycles. The highest BCUT2D eigenvalue weighted by molar-refractivity contribution is 5.80. The van der Waals surface area contributed by atoms with Gasteiger partial charge in [0, 0.05) is 6.54 Å². The molecule has 1 aliphatic rings. The standard InChI is InChI=1S/C14H22N4O2/c1-14(2,13(16)19)8-17-11-6-5-10(15)12(18-11)20-7-9-3-4-9/h5-6,9H,3-4,7-8,15H2,1-2H3,(H2,16,19)(H,17,18). The summed E-state index contributed by atoms with van der Waals surface area (Å²) >= 11 is 0. The summed E-state index contributed by atoms with van der Waals surface area (Å²) in [5.74, 6) is 1.35. The second kappa shape index (κ2) is 5.56. The van der Waals surface area contributed by atoms with E-state index in [1.54, 1.807) is 26.0 Å². The molecule has 6 heteroatoms. The molecular formula is C14H22N4O2. The van der Waals surface area contributed by atoms with Gasteiger partial charge in [-0.3, -0.25) is 4.79 Å². The van der Waals surface area contributed by atoms with Crippen LogP contribution in [0.5, 0.6) is 5.88 Å². The van der Waals surface area contributed by atoms with Crippen LogP contribution in [0.2, 0.25) is 0 Å². The van der Waals surface area contributed by atoms with Crippen LogP contribution in [0.1, 0.15) is 26.7 Å². The monoisotopic (exact) mass is 278 g/mol. The third-order valence-electron chi connectivity index (χ3n) is 3.42. The van der Waals surface area contributed by atoms with Gasteiger partial charge < -0.3 is 21.5 Å². The number of pyridine rings is 1. The van der Waals surface area contributed by atoms with E-state index in [1.165, 1.54) is 12.8 Å². The number of nitrogens with one attached hydrogen (secondary N) is 1. The summed E-state index contributed by atoms with van der Waals surface area (Å²) in [6.07, 6.45) is 2.43. The molecule has 0 radical (unpaired) electrons. The fourth-order valence-electron chi connectivity index (χ4n) is 1.55. The van der Waals surface area contributed by atoms with Gasteiger partial charge in [0.1, 0.15) is 5.82 Å². The first-order valence-electron chi connectivity index (χ1n) is 6.81. The molecule has 0 bridgehead atoms. The summed E-state index contributed by atoms with van der Waals surface area (Å²) in [5, 5.41) is 3.09. The van der Waals surface area contributed by atoms with E-state index in [4.69, 9.17) is 16.2 Å². The van der Waals surface area contributed by atoms with Gasteiger partial charge in [-0.15, -0.1) is 0 Å². The molecule has 6 nitrogen and oxygen atoms in total. The molecule has 0 unspecified atom stereocenters. The Morgan fingerprint density at radius 2 is 2.20 bits per heavy atom. The number of aromatic nitrogens is 1. The van der Waals surface area contributed by atoms with Gasteiger partial charge in [-0.1, -0.05) is 0 Å². The third kappa shape index (κ3) is 3.76. The smallest absolute Gasteiger partial charge is 0.239 e. The Bertz CT molecular complexity index is 498. The molecule has 1 aromatic rings. The highest BCUT2D eigenvalue weighted by Gasteiger charge is 2.25. The van der Waals surface area contributed by atoms with Crippen molar-refractivity contribution in [2.45, 2.75) is 26.7 Å². The summed E-state index contributed by atoms with van der Waals surface area (Å²) in [4.78, 5) is 15.6. The van der Waals surface area contributed by atoms with E-state index in [2.05, 4.69) is 10.3 Å². The first-order chi connectivity index (χ1) is 9.38. The fourth-order valence-corrected chi connectivity index (χ4v) is 1.55. The van der Waals surface area contributed by atoms with Crippen LogP contribution in [0.4, 0.5) is 11.5 Å². The van der Waals surface area contributed by atoms with Crippen molar-refractivity contribution in [3.05, 3.63) is 12.1 Å². The van der Waals surface area contributed by atoms with Crippen LogP contribution >= 0.6 is 0 Å². The van der Waals surface area contributed by atoms with E-state index in [0.29, 0.717) is 36.5 Å². The molecule has 1 amide bonds. The van der Waals surface area contributed by atoms with Crippen molar-refractivity contribution in [3.8, 4) is 5.88 Å². The zero-order valence-electron chi connectivity index (χ0n) is 12.0. The number of rotatable bonds is 7. The number of nitrogens with zero attached hydrogens (tertiary/aromatic N) is 1. The average molecular weight is 278 g/mol. The Balaban J connectivity index is 1.97. The number of anilines is 2. The summed E-state index contributed by atoms with van der Waals surface area (Å²) in [5.41, 5.74) is 11.0. The predicted molar refractivity (Wildman–Crippen MR) is 78.3 cm³/mol. The van der Waals surface area contributed by atoms with Crippen molar-refractivity contribution in [1.29, 1.82) is 0 Å². The molecule has 0 aromatic carbocycles. The number of ether oxygens (including phenoxy) is 1. The van der Waals surface area contributed by atoms with Gasteiger partial charge in [-0.2, -0.15) is 4.98 Å². The van der Waals surface area contributed by atoms with Crippen molar-refractivity contribution in [2.24, 2.45) is 17.1 Å². The lowest BCUT2D eigenvalue weighted by Gasteiger charge is -2.21. The van der Waals surface area contributed by atoms with Crippen LogP contribution in [0.15, 0.2) is 12.1 Å². The normalized spacial score (nSPS) is 14.9. The summed E-state index contributed by atoms with van der Waals surface area (Å²) < 4.78 is 5.61. The van der Waals surface area contributed by atoms with Crippen LogP contribution in [0.3, 0.4) is 0 Å².